The van der Waals surface area contributed by atoms with Crippen LogP contribution in [0.5, 0.6) is 0 Å². The minimum atomic E-state index is -0.106. The summed E-state index contributed by atoms with van der Waals surface area (Å²) in [6, 6.07) is 12.4. The molecule has 0 N–H and O–H groups in total. The van der Waals surface area contributed by atoms with Crippen molar-refractivity contribution in [3.05, 3.63) is 63.6 Å². The highest BCUT2D eigenvalue weighted by atomic mass is 35.5. The van der Waals surface area contributed by atoms with Crippen molar-refractivity contribution < 1.29 is 9.59 Å². The highest BCUT2D eigenvalue weighted by Gasteiger charge is 2.22. The number of rotatable bonds is 4. The number of hydrogen-bond donors (Lipinski definition) is 0. The zero-order valence-corrected chi connectivity index (χ0v) is 15.3. The molecule has 1 heterocycles. The predicted octanol–water partition coefficient (Wildman–Crippen LogP) is 4.39. The van der Waals surface area contributed by atoms with E-state index in [1.165, 1.54) is 0 Å². The van der Waals surface area contributed by atoms with Crippen LogP contribution in [0.4, 0.5) is 5.69 Å². The number of carbonyl (C=O) groups excluding carboxylic acids is 2. The first-order valence-corrected chi connectivity index (χ1v) is 8.81. The average Bonchev–Trinajstić information content (AvgIpc) is 3.03. The Morgan fingerprint density at radius 2 is 1.88 bits per heavy atom. The maximum atomic E-state index is 12.6. The Labute approximate surface area is 156 Å². The van der Waals surface area contributed by atoms with Gasteiger partial charge in [-0.05, 0) is 48.4 Å². The highest BCUT2D eigenvalue weighted by molar-refractivity contribution is 6.35. The molecule has 1 fully saturated rings. The molecule has 4 nitrogen and oxygen atoms in total. The molecule has 0 unspecified atom stereocenters. The van der Waals surface area contributed by atoms with Gasteiger partial charge in [0.1, 0.15) is 0 Å². The fourth-order valence-electron chi connectivity index (χ4n) is 2.90. The lowest BCUT2D eigenvalue weighted by molar-refractivity contribution is -0.117. The Hall–Kier alpha value is -2.04. The SMILES string of the molecule is CN(Cc1ccc(Cl)cc1Cl)C(=O)c1ccc(N2CCCC2=O)cc1. The standard InChI is InChI=1S/C19H18Cl2N2O2/c1-22(12-14-4-7-15(20)11-17(14)21)19(25)13-5-8-16(9-6-13)23-10-2-3-18(23)24/h4-9,11H,2-3,10,12H2,1H3. The third-order valence-corrected chi connectivity index (χ3v) is 4.86. The van der Waals surface area contributed by atoms with Gasteiger partial charge in [0.25, 0.3) is 5.91 Å². The number of hydrogen-bond acceptors (Lipinski definition) is 2. The molecular weight excluding hydrogens is 359 g/mol. The van der Waals surface area contributed by atoms with Crippen molar-refractivity contribution in [3.63, 3.8) is 0 Å². The largest absolute Gasteiger partial charge is 0.337 e. The molecule has 6 heteroatoms. The lowest BCUT2D eigenvalue weighted by Gasteiger charge is -2.19. The number of anilines is 1. The summed E-state index contributed by atoms with van der Waals surface area (Å²) >= 11 is 12.1. The summed E-state index contributed by atoms with van der Waals surface area (Å²) in [4.78, 5) is 27.7. The van der Waals surface area contributed by atoms with Gasteiger partial charge in [0, 0.05) is 47.9 Å². The van der Waals surface area contributed by atoms with Crippen LogP contribution < -0.4 is 4.90 Å². The summed E-state index contributed by atoms with van der Waals surface area (Å²) in [6.07, 6.45) is 1.47. The van der Waals surface area contributed by atoms with Gasteiger partial charge >= 0.3 is 0 Å². The quantitative estimate of drug-likeness (QED) is 0.793. The molecule has 2 aromatic rings. The molecule has 130 valence electrons. The van der Waals surface area contributed by atoms with Crippen molar-refractivity contribution in [1.82, 2.24) is 4.90 Å². The van der Waals surface area contributed by atoms with E-state index in [0.29, 0.717) is 28.6 Å². The first kappa shape index (κ1) is 17.8. The van der Waals surface area contributed by atoms with E-state index < -0.39 is 0 Å². The minimum Gasteiger partial charge on any atom is -0.337 e. The highest BCUT2D eigenvalue weighted by Crippen LogP contribution is 2.24. The number of benzene rings is 2. The van der Waals surface area contributed by atoms with Crippen LogP contribution in [0.3, 0.4) is 0 Å². The predicted molar refractivity (Wildman–Crippen MR) is 100 cm³/mol. The first-order chi connectivity index (χ1) is 12.0. The van der Waals surface area contributed by atoms with Gasteiger partial charge in [0.15, 0.2) is 0 Å². The second kappa shape index (κ2) is 7.46. The van der Waals surface area contributed by atoms with E-state index >= 15 is 0 Å². The van der Waals surface area contributed by atoms with Gasteiger partial charge in [-0.1, -0.05) is 29.3 Å². The molecule has 0 radical (unpaired) electrons. The van der Waals surface area contributed by atoms with Crippen LogP contribution in [0.2, 0.25) is 10.0 Å². The summed E-state index contributed by atoms with van der Waals surface area (Å²) < 4.78 is 0. The van der Waals surface area contributed by atoms with Crippen molar-refractivity contribution in [2.45, 2.75) is 19.4 Å². The van der Waals surface area contributed by atoms with Crippen LogP contribution in [0, 0.1) is 0 Å². The summed E-state index contributed by atoms with van der Waals surface area (Å²) in [6.45, 7) is 1.13. The number of nitrogens with zero attached hydrogens (tertiary/aromatic N) is 2. The lowest BCUT2D eigenvalue weighted by atomic mass is 10.1. The molecule has 0 aromatic heterocycles. The summed E-state index contributed by atoms with van der Waals surface area (Å²) in [5.41, 5.74) is 2.24. The smallest absolute Gasteiger partial charge is 0.253 e. The average molecular weight is 377 g/mol. The normalized spacial score (nSPS) is 14.0. The minimum absolute atomic E-state index is 0.106. The van der Waals surface area contributed by atoms with Crippen LogP contribution in [-0.4, -0.2) is 30.3 Å². The molecule has 25 heavy (non-hydrogen) atoms. The van der Waals surface area contributed by atoms with Crippen LogP contribution in [0.1, 0.15) is 28.8 Å². The topological polar surface area (TPSA) is 40.6 Å². The second-order valence-electron chi connectivity index (χ2n) is 6.09. The lowest BCUT2D eigenvalue weighted by Crippen LogP contribution is -2.27. The van der Waals surface area contributed by atoms with Gasteiger partial charge < -0.3 is 9.80 Å². The Bertz CT molecular complexity index is 806. The van der Waals surface area contributed by atoms with Crippen LogP contribution >= 0.6 is 23.2 Å². The van der Waals surface area contributed by atoms with E-state index in [2.05, 4.69) is 0 Å². The second-order valence-corrected chi connectivity index (χ2v) is 6.94. The molecule has 1 aliphatic heterocycles. The molecule has 2 aromatic carbocycles. The maximum Gasteiger partial charge on any atom is 0.253 e. The van der Waals surface area contributed by atoms with E-state index in [-0.39, 0.29) is 11.8 Å². The Morgan fingerprint density at radius 3 is 2.48 bits per heavy atom. The molecular formula is C19H18Cl2N2O2. The summed E-state index contributed by atoms with van der Waals surface area (Å²) in [5, 5.41) is 1.10. The summed E-state index contributed by atoms with van der Waals surface area (Å²) in [5.74, 6) is 0.0267. The van der Waals surface area contributed by atoms with Crippen molar-refractivity contribution >= 4 is 40.7 Å². The van der Waals surface area contributed by atoms with Gasteiger partial charge in [-0.15, -0.1) is 0 Å². The molecule has 0 saturated carbocycles. The number of amides is 2. The molecule has 0 atom stereocenters. The molecule has 0 bridgehead atoms. The van der Waals surface area contributed by atoms with Crippen molar-refractivity contribution in [3.8, 4) is 0 Å². The van der Waals surface area contributed by atoms with E-state index in [9.17, 15) is 9.59 Å². The van der Waals surface area contributed by atoms with E-state index in [0.717, 1.165) is 24.2 Å². The van der Waals surface area contributed by atoms with Crippen molar-refractivity contribution in [2.75, 3.05) is 18.5 Å². The first-order valence-electron chi connectivity index (χ1n) is 8.05. The zero-order valence-electron chi connectivity index (χ0n) is 13.8. The molecule has 1 saturated heterocycles. The summed E-state index contributed by atoms with van der Waals surface area (Å²) in [7, 11) is 1.73. The van der Waals surface area contributed by atoms with Crippen LogP contribution in [-0.2, 0) is 11.3 Å². The molecule has 2 amide bonds. The van der Waals surface area contributed by atoms with Crippen LogP contribution in [0.25, 0.3) is 0 Å². The molecule has 3 rings (SSSR count). The number of carbonyl (C=O) groups is 2. The third-order valence-electron chi connectivity index (χ3n) is 4.27. The Balaban J connectivity index is 1.70. The van der Waals surface area contributed by atoms with Gasteiger partial charge in [-0.25, -0.2) is 0 Å². The third kappa shape index (κ3) is 3.97. The van der Waals surface area contributed by atoms with Gasteiger partial charge in [0.05, 0.1) is 0 Å². The van der Waals surface area contributed by atoms with Crippen molar-refractivity contribution in [2.24, 2.45) is 0 Å². The zero-order chi connectivity index (χ0) is 18.0. The van der Waals surface area contributed by atoms with E-state index in [1.54, 1.807) is 41.1 Å². The molecule has 0 spiro atoms. The van der Waals surface area contributed by atoms with E-state index in [4.69, 9.17) is 23.2 Å². The number of halogens is 2. The van der Waals surface area contributed by atoms with Crippen LogP contribution in [0.15, 0.2) is 42.5 Å². The van der Waals surface area contributed by atoms with E-state index in [1.807, 2.05) is 18.2 Å². The fraction of sp³-hybridized carbons (Fsp3) is 0.263. The van der Waals surface area contributed by atoms with Gasteiger partial charge in [-0.3, -0.25) is 9.59 Å². The van der Waals surface area contributed by atoms with Crippen molar-refractivity contribution in [1.29, 1.82) is 0 Å². The Morgan fingerprint density at radius 1 is 1.16 bits per heavy atom. The fourth-order valence-corrected chi connectivity index (χ4v) is 3.37. The van der Waals surface area contributed by atoms with Gasteiger partial charge in [-0.2, -0.15) is 0 Å². The Kier molecular flexibility index (Phi) is 5.30. The van der Waals surface area contributed by atoms with Gasteiger partial charge in [0.2, 0.25) is 5.91 Å². The molecule has 1 aliphatic rings. The molecule has 0 aliphatic carbocycles. The maximum absolute atomic E-state index is 12.6. The monoisotopic (exact) mass is 376 g/mol.